The molecule has 0 spiro atoms. The number of hydrogen-bond donors (Lipinski definition) is 0. The molecular weight excluding hydrogens is 459 g/mol. The summed E-state index contributed by atoms with van der Waals surface area (Å²) in [7, 11) is 1.50. The van der Waals surface area contributed by atoms with Gasteiger partial charge in [-0.15, -0.1) is 0 Å². The van der Waals surface area contributed by atoms with Gasteiger partial charge >= 0.3 is 6.18 Å². The number of hydrogen-bond acceptors (Lipinski definition) is 5. The van der Waals surface area contributed by atoms with Crippen LogP contribution in [-0.2, 0) is 11.0 Å². The highest BCUT2D eigenvalue weighted by Crippen LogP contribution is 2.41. The van der Waals surface area contributed by atoms with E-state index in [1.54, 1.807) is 24.3 Å². The summed E-state index contributed by atoms with van der Waals surface area (Å²) in [6.45, 7) is 2.31. The first-order chi connectivity index (χ1) is 14.2. The molecule has 3 rings (SSSR count). The van der Waals surface area contributed by atoms with Gasteiger partial charge in [0.1, 0.15) is 0 Å². The number of carbonyl (C=O) groups is 1. The first kappa shape index (κ1) is 22.5. The third-order valence-corrected chi connectivity index (χ3v) is 5.72. The Hall–Kier alpha value is -2.23. The van der Waals surface area contributed by atoms with Crippen molar-refractivity contribution in [1.29, 1.82) is 0 Å². The molecule has 0 radical (unpaired) electrons. The Morgan fingerprint density at radius 2 is 1.93 bits per heavy atom. The van der Waals surface area contributed by atoms with Crippen molar-refractivity contribution in [3.63, 3.8) is 0 Å². The van der Waals surface area contributed by atoms with Crippen LogP contribution >= 0.6 is 35.6 Å². The zero-order valence-electron chi connectivity index (χ0n) is 15.7. The second kappa shape index (κ2) is 8.87. The minimum Gasteiger partial charge on any atom is -0.493 e. The van der Waals surface area contributed by atoms with Crippen LogP contribution in [0.3, 0.4) is 0 Å². The molecule has 30 heavy (non-hydrogen) atoms. The Balaban J connectivity index is 1.94. The number of ether oxygens (including phenoxy) is 2. The third-order valence-electron chi connectivity index (χ3n) is 4.09. The third kappa shape index (κ3) is 4.58. The molecule has 0 bridgehead atoms. The molecule has 0 saturated carbocycles. The van der Waals surface area contributed by atoms with E-state index in [1.165, 1.54) is 13.2 Å². The summed E-state index contributed by atoms with van der Waals surface area (Å²) in [5, 5.41) is -0.450. The van der Waals surface area contributed by atoms with E-state index in [9.17, 15) is 18.0 Å². The van der Waals surface area contributed by atoms with Crippen molar-refractivity contribution in [2.75, 3.05) is 18.6 Å². The van der Waals surface area contributed by atoms with Gasteiger partial charge in [-0.3, -0.25) is 9.69 Å². The normalized spacial score (nSPS) is 15.8. The Morgan fingerprint density at radius 1 is 1.20 bits per heavy atom. The SMILES string of the molecule is CCOc1ccc(C=C2SC(=S)N(c3ccc(Cl)c(C(F)(F)F)c3)C2=O)cc1OC. The highest BCUT2D eigenvalue weighted by atomic mass is 35.5. The van der Waals surface area contributed by atoms with Crippen LogP contribution in [-0.4, -0.2) is 23.9 Å². The fraction of sp³-hybridized carbons (Fsp3) is 0.200. The van der Waals surface area contributed by atoms with Gasteiger partial charge in [-0.25, -0.2) is 0 Å². The van der Waals surface area contributed by atoms with Crippen LogP contribution in [0.2, 0.25) is 5.02 Å². The van der Waals surface area contributed by atoms with Gasteiger partial charge < -0.3 is 9.47 Å². The van der Waals surface area contributed by atoms with Gasteiger partial charge in [0.25, 0.3) is 5.91 Å². The van der Waals surface area contributed by atoms with E-state index in [2.05, 4.69) is 0 Å². The van der Waals surface area contributed by atoms with Crippen LogP contribution in [0.25, 0.3) is 6.08 Å². The number of halogens is 4. The lowest BCUT2D eigenvalue weighted by Crippen LogP contribution is -2.27. The molecule has 1 saturated heterocycles. The van der Waals surface area contributed by atoms with E-state index in [0.717, 1.165) is 28.8 Å². The minimum absolute atomic E-state index is 0.00176. The fourth-order valence-corrected chi connectivity index (χ4v) is 4.28. The van der Waals surface area contributed by atoms with Gasteiger partial charge in [0.2, 0.25) is 0 Å². The van der Waals surface area contributed by atoms with Crippen molar-refractivity contribution in [2.24, 2.45) is 0 Å². The van der Waals surface area contributed by atoms with E-state index in [-0.39, 0.29) is 14.9 Å². The van der Waals surface area contributed by atoms with Gasteiger partial charge in [0.15, 0.2) is 15.8 Å². The summed E-state index contributed by atoms with van der Waals surface area (Å²) in [6.07, 6.45) is -3.06. The predicted octanol–water partition coefficient (Wildman–Crippen LogP) is 6.17. The standard InChI is InChI=1S/C20H15ClF3NO3S2/c1-3-28-15-7-4-11(8-16(15)27-2)9-17-18(26)25(19(29)30-17)12-5-6-14(21)13(10-12)20(22,23)24/h4-10H,3H2,1-2H3. The quantitative estimate of drug-likeness (QED) is 0.383. The maximum absolute atomic E-state index is 13.2. The van der Waals surface area contributed by atoms with Gasteiger partial charge in [0, 0.05) is 0 Å². The molecule has 2 aromatic rings. The van der Waals surface area contributed by atoms with Crippen molar-refractivity contribution >= 4 is 57.6 Å². The number of thiocarbonyl (C=S) groups is 1. The van der Waals surface area contributed by atoms with E-state index in [1.807, 2.05) is 6.92 Å². The smallest absolute Gasteiger partial charge is 0.417 e. The highest BCUT2D eigenvalue weighted by Gasteiger charge is 2.37. The summed E-state index contributed by atoms with van der Waals surface area (Å²) >= 11 is 11.9. The van der Waals surface area contributed by atoms with Gasteiger partial charge in [0.05, 0.1) is 34.9 Å². The second-order valence-corrected chi connectivity index (χ2v) is 8.11. The van der Waals surface area contributed by atoms with Crippen molar-refractivity contribution < 1.29 is 27.4 Å². The Kier molecular flexibility index (Phi) is 6.64. The fourth-order valence-electron chi connectivity index (χ4n) is 2.76. The summed E-state index contributed by atoms with van der Waals surface area (Å²) in [5.74, 6) is 0.535. The molecule has 0 N–H and O–H groups in total. The van der Waals surface area contributed by atoms with Crippen molar-refractivity contribution in [3.05, 3.63) is 57.5 Å². The minimum atomic E-state index is -4.65. The molecule has 1 amide bonds. The lowest BCUT2D eigenvalue weighted by Gasteiger charge is -2.17. The monoisotopic (exact) mass is 473 g/mol. The molecule has 0 aliphatic carbocycles. The predicted molar refractivity (Wildman–Crippen MR) is 116 cm³/mol. The maximum Gasteiger partial charge on any atom is 0.417 e. The molecular formula is C20H15ClF3NO3S2. The number of thioether (sulfide) groups is 1. The summed E-state index contributed by atoms with van der Waals surface area (Å²) in [6, 6.07) is 8.38. The number of rotatable bonds is 5. The number of nitrogens with zero attached hydrogens (tertiary/aromatic N) is 1. The van der Waals surface area contributed by atoms with Crippen LogP contribution < -0.4 is 14.4 Å². The lowest BCUT2D eigenvalue weighted by molar-refractivity contribution is -0.137. The van der Waals surface area contributed by atoms with Gasteiger partial charge in [-0.05, 0) is 48.9 Å². The second-order valence-electron chi connectivity index (χ2n) is 6.02. The van der Waals surface area contributed by atoms with E-state index >= 15 is 0 Å². The molecule has 4 nitrogen and oxygen atoms in total. The molecule has 158 valence electrons. The zero-order chi connectivity index (χ0) is 22.1. The molecule has 1 fully saturated rings. The van der Waals surface area contributed by atoms with Gasteiger partial charge in [-0.1, -0.05) is 41.6 Å². The molecule has 2 aromatic carbocycles. The topological polar surface area (TPSA) is 38.8 Å². The maximum atomic E-state index is 13.2. The van der Waals surface area contributed by atoms with E-state index < -0.39 is 22.7 Å². The largest absolute Gasteiger partial charge is 0.493 e. The average Bonchev–Trinajstić information content (AvgIpc) is 2.96. The Bertz CT molecular complexity index is 1040. The van der Waals surface area contributed by atoms with Crippen molar-refractivity contribution in [1.82, 2.24) is 0 Å². The highest BCUT2D eigenvalue weighted by molar-refractivity contribution is 8.27. The number of amides is 1. The van der Waals surface area contributed by atoms with Crippen LogP contribution in [0.1, 0.15) is 18.1 Å². The first-order valence-corrected chi connectivity index (χ1v) is 10.2. The molecule has 10 heteroatoms. The summed E-state index contributed by atoms with van der Waals surface area (Å²) in [4.78, 5) is 14.2. The lowest BCUT2D eigenvalue weighted by atomic mass is 10.1. The Labute approximate surface area is 185 Å². The summed E-state index contributed by atoms with van der Waals surface area (Å²) in [5.41, 5.74) is -0.374. The van der Waals surface area contributed by atoms with Crippen molar-refractivity contribution in [3.8, 4) is 11.5 Å². The molecule has 0 unspecified atom stereocenters. The number of benzene rings is 2. The van der Waals surface area contributed by atoms with Crippen LogP contribution in [0.15, 0.2) is 41.3 Å². The number of carbonyl (C=O) groups excluding carboxylic acids is 1. The molecule has 0 aromatic heterocycles. The average molecular weight is 474 g/mol. The van der Waals surface area contributed by atoms with Crippen LogP contribution in [0.4, 0.5) is 18.9 Å². The zero-order valence-corrected chi connectivity index (χ0v) is 18.1. The van der Waals surface area contributed by atoms with Gasteiger partial charge in [-0.2, -0.15) is 13.2 Å². The molecule has 1 aliphatic heterocycles. The first-order valence-electron chi connectivity index (χ1n) is 8.61. The van der Waals surface area contributed by atoms with E-state index in [4.69, 9.17) is 33.3 Å². The molecule has 0 atom stereocenters. The number of methoxy groups -OCH3 is 1. The molecule has 1 aliphatic rings. The van der Waals surface area contributed by atoms with Crippen molar-refractivity contribution in [2.45, 2.75) is 13.1 Å². The van der Waals surface area contributed by atoms with E-state index in [0.29, 0.717) is 23.7 Å². The Morgan fingerprint density at radius 3 is 2.57 bits per heavy atom. The van der Waals surface area contributed by atoms with Crippen LogP contribution in [0, 0.1) is 0 Å². The summed E-state index contributed by atoms with van der Waals surface area (Å²) < 4.78 is 50.4. The molecule has 1 heterocycles. The number of anilines is 1. The van der Waals surface area contributed by atoms with Crippen LogP contribution in [0.5, 0.6) is 11.5 Å². The number of alkyl halides is 3.